The number of nitrogens with zero attached hydrogens (tertiary/aromatic N) is 1. The highest BCUT2D eigenvalue weighted by molar-refractivity contribution is 9.10. The smallest absolute Gasteiger partial charge is 0.0240 e. The van der Waals surface area contributed by atoms with E-state index in [0.717, 1.165) is 26.1 Å². The largest absolute Gasteiger partial charge is 0.294 e. The van der Waals surface area contributed by atoms with Gasteiger partial charge in [0, 0.05) is 24.1 Å². The normalized spacial score (nSPS) is 15.3. The SMILES string of the molecule is Cc1cccc(CN2CCc3c(Br)cccc3C2)c1. The zero-order chi connectivity index (χ0) is 13.2. The summed E-state index contributed by atoms with van der Waals surface area (Å²) in [7, 11) is 0. The lowest BCUT2D eigenvalue weighted by atomic mass is 9.99. The molecular weight excluding hydrogens is 298 g/mol. The lowest BCUT2D eigenvalue weighted by Gasteiger charge is -2.29. The molecule has 0 radical (unpaired) electrons. The van der Waals surface area contributed by atoms with Gasteiger partial charge >= 0.3 is 0 Å². The number of aryl methyl sites for hydroxylation is 1. The van der Waals surface area contributed by atoms with Crippen molar-refractivity contribution in [2.45, 2.75) is 26.4 Å². The van der Waals surface area contributed by atoms with E-state index < -0.39 is 0 Å². The van der Waals surface area contributed by atoms with E-state index in [1.807, 2.05) is 0 Å². The Morgan fingerprint density at radius 1 is 1.16 bits per heavy atom. The molecule has 0 atom stereocenters. The fourth-order valence-corrected chi connectivity index (χ4v) is 3.43. The highest BCUT2D eigenvalue weighted by Crippen LogP contribution is 2.27. The predicted molar refractivity (Wildman–Crippen MR) is 83.1 cm³/mol. The molecule has 0 saturated heterocycles. The van der Waals surface area contributed by atoms with Crippen molar-refractivity contribution in [2.24, 2.45) is 0 Å². The molecule has 2 heteroatoms. The van der Waals surface area contributed by atoms with Crippen LogP contribution in [0, 0.1) is 6.92 Å². The molecule has 19 heavy (non-hydrogen) atoms. The van der Waals surface area contributed by atoms with E-state index in [0.29, 0.717) is 0 Å². The molecule has 2 aromatic carbocycles. The van der Waals surface area contributed by atoms with E-state index in [1.165, 1.54) is 26.7 Å². The monoisotopic (exact) mass is 315 g/mol. The Labute approximate surface area is 123 Å². The third-order valence-corrected chi connectivity index (χ3v) is 4.52. The summed E-state index contributed by atoms with van der Waals surface area (Å²) in [5, 5.41) is 0. The van der Waals surface area contributed by atoms with Crippen LogP contribution >= 0.6 is 15.9 Å². The molecule has 0 N–H and O–H groups in total. The van der Waals surface area contributed by atoms with Gasteiger partial charge in [-0.3, -0.25) is 4.90 Å². The molecule has 1 aliphatic rings. The summed E-state index contributed by atoms with van der Waals surface area (Å²) >= 11 is 3.66. The standard InChI is InChI=1S/C17H18BrN/c1-13-4-2-5-14(10-13)11-19-9-8-16-15(12-19)6-3-7-17(16)18/h2-7,10H,8-9,11-12H2,1H3. The Kier molecular flexibility index (Phi) is 3.72. The van der Waals surface area contributed by atoms with Crippen molar-refractivity contribution in [2.75, 3.05) is 6.54 Å². The van der Waals surface area contributed by atoms with Gasteiger partial charge in [-0.1, -0.05) is 57.9 Å². The molecule has 0 aromatic heterocycles. The van der Waals surface area contributed by atoms with Crippen LogP contribution in [0.2, 0.25) is 0 Å². The minimum atomic E-state index is 1.05. The first-order valence-corrected chi connectivity index (χ1v) is 7.56. The van der Waals surface area contributed by atoms with E-state index in [1.54, 1.807) is 0 Å². The molecular formula is C17H18BrN. The molecule has 98 valence electrons. The van der Waals surface area contributed by atoms with Crippen molar-refractivity contribution in [3.05, 3.63) is 69.2 Å². The van der Waals surface area contributed by atoms with Crippen LogP contribution < -0.4 is 0 Å². The molecule has 1 heterocycles. The average Bonchev–Trinajstić information content (AvgIpc) is 2.39. The third kappa shape index (κ3) is 2.90. The maximum absolute atomic E-state index is 3.66. The first-order valence-electron chi connectivity index (χ1n) is 6.76. The maximum atomic E-state index is 3.66. The Balaban J connectivity index is 1.76. The quantitative estimate of drug-likeness (QED) is 0.798. The van der Waals surface area contributed by atoms with Gasteiger partial charge in [0.05, 0.1) is 0 Å². The summed E-state index contributed by atoms with van der Waals surface area (Å²) in [4.78, 5) is 2.53. The molecule has 2 aromatic rings. The Morgan fingerprint density at radius 3 is 2.84 bits per heavy atom. The molecule has 3 rings (SSSR count). The highest BCUT2D eigenvalue weighted by Gasteiger charge is 2.17. The Morgan fingerprint density at radius 2 is 2.00 bits per heavy atom. The lowest BCUT2D eigenvalue weighted by Crippen LogP contribution is -2.30. The highest BCUT2D eigenvalue weighted by atomic mass is 79.9. The number of fused-ring (bicyclic) bond motifs is 1. The van der Waals surface area contributed by atoms with Gasteiger partial charge in [-0.05, 0) is 36.1 Å². The molecule has 0 spiro atoms. The summed E-state index contributed by atoms with van der Waals surface area (Å²) in [5.74, 6) is 0. The van der Waals surface area contributed by atoms with Crippen LogP contribution in [-0.4, -0.2) is 11.4 Å². The van der Waals surface area contributed by atoms with Crippen molar-refractivity contribution in [3.63, 3.8) is 0 Å². The molecule has 0 amide bonds. The molecule has 0 fully saturated rings. The second-order valence-corrected chi connectivity index (χ2v) is 6.18. The third-order valence-electron chi connectivity index (χ3n) is 3.78. The van der Waals surface area contributed by atoms with Gasteiger partial charge in [0.25, 0.3) is 0 Å². The van der Waals surface area contributed by atoms with Crippen LogP contribution in [0.5, 0.6) is 0 Å². The summed E-state index contributed by atoms with van der Waals surface area (Å²) < 4.78 is 1.26. The van der Waals surface area contributed by atoms with E-state index in [2.05, 4.69) is 70.2 Å². The minimum absolute atomic E-state index is 1.05. The predicted octanol–water partition coefficient (Wildman–Crippen LogP) is 4.32. The van der Waals surface area contributed by atoms with Gasteiger partial charge in [0.15, 0.2) is 0 Å². The van der Waals surface area contributed by atoms with Crippen molar-refractivity contribution in [1.29, 1.82) is 0 Å². The fourth-order valence-electron chi connectivity index (χ4n) is 2.82. The molecule has 1 aliphatic heterocycles. The zero-order valence-electron chi connectivity index (χ0n) is 11.2. The summed E-state index contributed by atoms with van der Waals surface area (Å²) in [6.07, 6.45) is 1.14. The van der Waals surface area contributed by atoms with Crippen LogP contribution in [0.3, 0.4) is 0 Å². The summed E-state index contributed by atoms with van der Waals surface area (Å²) in [6, 6.07) is 15.4. The zero-order valence-corrected chi connectivity index (χ0v) is 12.8. The van der Waals surface area contributed by atoms with Gasteiger partial charge < -0.3 is 0 Å². The van der Waals surface area contributed by atoms with E-state index >= 15 is 0 Å². The number of halogens is 1. The Bertz CT molecular complexity index is 592. The van der Waals surface area contributed by atoms with Crippen molar-refractivity contribution in [3.8, 4) is 0 Å². The molecule has 0 saturated carbocycles. The number of hydrogen-bond acceptors (Lipinski definition) is 1. The molecule has 0 bridgehead atoms. The van der Waals surface area contributed by atoms with Gasteiger partial charge in [0.1, 0.15) is 0 Å². The Hall–Kier alpha value is -1.12. The first kappa shape index (κ1) is 12.9. The topological polar surface area (TPSA) is 3.24 Å². The number of hydrogen-bond donors (Lipinski definition) is 0. The van der Waals surface area contributed by atoms with E-state index in [-0.39, 0.29) is 0 Å². The van der Waals surface area contributed by atoms with E-state index in [4.69, 9.17) is 0 Å². The van der Waals surface area contributed by atoms with Crippen LogP contribution in [0.25, 0.3) is 0 Å². The van der Waals surface area contributed by atoms with Gasteiger partial charge in [-0.25, -0.2) is 0 Å². The summed E-state index contributed by atoms with van der Waals surface area (Å²) in [6.45, 7) is 5.41. The van der Waals surface area contributed by atoms with Crippen LogP contribution in [0.1, 0.15) is 22.3 Å². The van der Waals surface area contributed by atoms with Crippen molar-refractivity contribution < 1.29 is 0 Å². The van der Waals surface area contributed by atoms with Gasteiger partial charge in [0.2, 0.25) is 0 Å². The van der Waals surface area contributed by atoms with Crippen molar-refractivity contribution in [1.82, 2.24) is 4.90 Å². The van der Waals surface area contributed by atoms with Gasteiger partial charge in [-0.15, -0.1) is 0 Å². The fraction of sp³-hybridized carbons (Fsp3) is 0.294. The lowest BCUT2D eigenvalue weighted by molar-refractivity contribution is 0.245. The van der Waals surface area contributed by atoms with Crippen LogP contribution in [0.4, 0.5) is 0 Å². The molecule has 0 aliphatic carbocycles. The minimum Gasteiger partial charge on any atom is -0.294 e. The van der Waals surface area contributed by atoms with Crippen LogP contribution in [-0.2, 0) is 19.5 Å². The number of rotatable bonds is 2. The molecule has 0 unspecified atom stereocenters. The first-order chi connectivity index (χ1) is 9.22. The average molecular weight is 316 g/mol. The maximum Gasteiger partial charge on any atom is 0.0240 e. The summed E-state index contributed by atoms with van der Waals surface area (Å²) in [5.41, 5.74) is 5.72. The number of benzene rings is 2. The van der Waals surface area contributed by atoms with Crippen LogP contribution in [0.15, 0.2) is 46.9 Å². The van der Waals surface area contributed by atoms with Crippen molar-refractivity contribution >= 4 is 15.9 Å². The molecule has 1 nitrogen and oxygen atoms in total. The van der Waals surface area contributed by atoms with E-state index in [9.17, 15) is 0 Å². The van der Waals surface area contributed by atoms with Gasteiger partial charge in [-0.2, -0.15) is 0 Å². The second-order valence-electron chi connectivity index (χ2n) is 5.33. The second kappa shape index (κ2) is 5.48.